The molecule has 1 aliphatic heterocycles. The molecule has 25 heavy (non-hydrogen) atoms. The quantitative estimate of drug-likeness (QED) is 0.776. The average Bonchev–Trinajstić information content (AvgIpc) is 2.61. The van der Waals surface area contributed by atoms with Crippen molar-refractivity contribution in [1.82, 2.24) is 4.90 Å². The maximum Gasteiger partial charge on any atom is 0.410 e. The van der Waals surface area contributed by atoms with Crippen molar-refractivity contribution in [3.05, 3.63) is 34.9 Å². The molecule has 1 heterocycles. The Morgan fingerprint density at radius 2 is 2.24 bits per heavy atom. The van der Waals surface area contributed by atoms with Gasteiger partial charge in [-0.3, -0.25) is 0 Å². The van der Waals surface area contributed by atoms with Crippen LogP contribution in [0.4, 0.5) is 4.79 Å². The average molecular weight is 362 g/mol. The predicted octanol–water partition coefficient (Wildman–Crippen LogP) is 3.70. The molecule has 0 spiro atoms. The summed E-state index contributed by atoms with van der Waals surface area (Å²) in [6.07, 6.45) is 2.67. The lowest BCUT2D eigenvalue weighted by atomic mass is 9.71. The SMILES string of the molecule is CCOC(=O)N1CCCC2C(O)CCC(C#Cc3cccc(Cl)c3)C21. The van der Waals surface area contributed by atoms with E-state index in [1.54, 1.807) is 4.90 Å². The normalized spacial score (nSPS) is 28.5. The molecule has 2 fully saturated rings. The molecule has 1 saturated carbocycles. The summed E-state index contributed by atoms with van der Waals surface area (Å²) in [5.41, 5.74) is 0.869. The zero-order valence-electron chi connectivity index (χ0n) is 14.5. The maximum absolute atomic E-state index is 12.4. The van der Waals surface area contributed by atoms with E-state index in [2.05, 4.69) is 11.8 Å². The van der Waals surface area contributed by atoms with Crippen LogP contribution in [0.25, 0.3) is 0 Å². The van der Waals surface area contributed by atoms with E-state index in [1.807, 2.05) is 31.2 Å². The van der Waals surface area contributed by atoms with E-state index in [4.69, 9.17) is 16.3 Å². The zero-order chi connectivity index (χ0) is 17.8. The summed E-state index contributed by atoms with van der Waals surface area (Å²) in [4.78, 5) is 14.2. The smallest absolute Gasteiger partial charge is 0.410 e. The van der Waals surface area contributed by atoms with Gasteiger partial charge in [0, 0.05) is 29.0 Å². The fourth-order valence-corrected chi connectivity index (χ4v) is 4.23. The third kappa shape index (κ3) is 4.11. The van der Waals surface area contributed by atoms with Gasteiger partial charge in [0.15, 0.2) is 0 Å². The van der Waals surface area contributed by atoms with Gasteiger partial charge in [-0.2, -0.15) is 0 Å². The van der Waals surface area contributed by atoms with Gasteiger partial charge in [-0.1, -0.05) is 29.5 Å². The van der Waals surface area contributed by atoms with Crippen LogP contribution >= 0.6 is 11.6 Å². The highest BCUT2D eigenvalue weighted by molar-refractivity contribution is 6.30. The van der Waals surface area contributed by atoms with E-state index in [9.17, 15) is 9.90 Å². The largest absolute Gasteiger partial charge is 0.450 e. The number of likely N-dealkylation sites (tertiary alicyclic amines) is 1. The monoisotopic (exact) mass is 361 g/mol. The lowest BCUT2D eigenvalue weighted by Crippen LogP contribution is -2.57. The van der Waals surface area contributed by atoms with E-state index < -0.39 is 0 Å². The van der Waals surface area contributed by atoms with Gasteiger partial charge >= 0.3 is 6.09 Å². The fraction of sp³-hybridized carbons (Fsp3) is 0.550. The van der Waals surface area contributed by atoms with E-state index in [0.29, 0.717) is 18.2 Å². The first-order chi connectivity index (χ1) is 12.1. The number of aliphatic hydroxyl groups is 1. The van der Waals surface area contributed by atoms with Gasteiger partial charge in [0.25, 0.3) is 0 Å². The molecule has 4 atom stereocenters. The number of nitrogens with zero attached hydrogens (tertiary/aromatic N) is 1. The zero-order valence-corrected chi connectivity index (χ0v) is 15.2. The minimum Gasteiger partial charge on any atom is -0.450 e. The van der Waals surface area contributed by atoms with Gasteiger partial charge in [0.1, 0.15) is 0 Å². The van der Waals surface area contributed by atoms with E-state index in [-0.39, 0.29) is 30.1 Å². The number of piperidine rings is 1. The van der Waals surface area contributed by atoms with Crippen molar-refractivity contribution in [2.45, 2.75) is 44.8 Å². The van der Waals surface area contributed by atoms with Crippen LogP contribution in [0, 0.1) is 23.7 Å². The van der Waals surface area contributed by atoms with Gasteiger partial charge in [-0.15, -0.1) is 0 Å². The molecule has 3 rings (SSSR count). The molecular weight excluding hydrogens is 338 g/mol. The van der Waals surface area contributed by atoms with Crippen LogP contribution in [0.15, 0.2) is 24.3 Å². The number of fused-ring (bicyclic) bond motifs is 1. The maximum atomic E-state index is 12.4. The number of aliphatic hydroxyl groups excluding tert-OH is 1. The molecule has 1 aliphatic carbocycles. The molecule has 0 bridgehead atoms. The minimum absolute atomic E-state index is 0.0390. The number of hydrogen-bond acceptors (Lipinski definition) is 3. The van der Waals surface area contributed by atoms with Gasteiger partial charge in [-0.25, -0.2) is 4.79 Å². The van der Waals surface area contributed by atoms with Gasteiger partial charge in [0.2, 0.25) is 0 Å². The number of carbonyl (C=O) groups excluding carboxylic acids is 1. The van der Waals surface area contributed by atoms with Crippen LogP contribution in [0.3, 0.4) is 0 Å². The van der Waals surface area contributed by atoms with E-state index in [0.717, 1.165) is 31.2 Å². The van der Waals surface area contributed by atoms with Gasteiger partial charge in [0.05, 0.1) is 18.8 Å². The van der Waals surface area contributed by atoms with Crippen LogP contribution < -0.4 is 0 Å². The summed E-state index contributed by atoms with van der Waals surface area (Å²) in [5, 5.41) is 11.1. The molecule has 0 aromatic heterocycles. The highest BCUT2D eigenvalue weighted by Crippen LogP contribution is 2.39. The van der Waals surface area contributed by atoms with Crippen molar-refractivity contribution in [3.8, 4) is 11.8 Å². The number of carbonyl (C=O) groups is 1. The summed E-state index contributed by atoms with van der Waals surface area (Å²) in [7, 11) is 0. The summed E-state index contributed by atoms with van der Waals surface area (Å²) < 4.78 is 5.23. The molecule has 134 valence electrons. The van der Waals surface area contributed by atoms with Crippen molar-refractivity contribution in [2.75, 3.05) is 13.2 Å². The molecule has 2 aliphatic rings. The Kier molecular flexibility index (Phi) is 5.88. The summed E-state index contributed by atoms with van der Waals surface area (Å²) in [6.45, 7) is 2.83. The topological polar surface area (TPSA) is 49.8 Å². The van der Waals surface area contributed by atoms with Crippen LogP contribution in [0.1, 0.15) is 38.2 Å². The Labute approximate surface area is 154 Å². The van der Waals surface area contributed by atoms with Crippen LogP contribution in [0.5, 0.6) is 0 Å². The molecule has 1 N–H and O–H groups in total. The Balaban J connectivity index is 1.86. The second-order valence-corrected chi connectivity index (χ2v) is 7.16. The lowest BCUT2D eigenvalue weighted by molar-refractivity contribution is -0.0392. The first-order valence-corrected chi connectivity index (χ1v) is 9.36. The molecule has 4 nitrogen and oxygen atoms in total. The second kappa shape index (κ2) is 8.12. The molecule has 1 aromatic carbocycles. The fourth-order valence-electron chi connectivity index (χ4n) is 4.04. The Morgan fingerprint density at radius 1 is 1.40 bits per heavy atom. The number of halogens is 1. The van der Waals surface area contributed by atoms with Crippen LogP contribution in [-0.2, 0) is 4.74 Å². The van der Waals surface area contributed by atoms with E-state index >= 15 is 0 Å². The highest BCUT2D eigenvalue weighted by atomic mass is 35.5. The molecule has 1 saturated heterocycles. The molecule has 0 radical (unpaired) electrons. The minimum atomic E-state index is -0.369. The van der Waals surface area contributed by atoms with Gasteiger partial charge in [-0.05, 0) is 50.8 Å². The third-order valence-corrected chi connectivity index (χ3v) is 5.38. The van der Waals surface area contributed by atoms with Crippen LogP contribution in [0.2, 0.25) is 5.02 Å². The summed E-state index contributed by atoms with van der Waals surface area (Å²) in [5.74, 6) is 6.66. The molecule has 4 unspecified atom stereocenters. The number of rotatable bonds is 1. The van der Waals surface area contributed by atoms with Crippen molar-refractivity contribution < 1.29 is 14.6 Å². The Morgan fingerprint density at radius 3 is 3.00 bits per heavy atom. The van der Waals surface area contributed by atoms with Crippen LogP contribution in [-0.4, -0.2) is 41.4 Å². The van der Waals surface area contributed by atoms with Gasteiger partial charge < -0.3 is 14.7 Å². The summed E-state index contributed by atoms with van der Waals surface area (Å²) in [6, 6.07) is 7.39. The lowest BCUT2D eigenvalue weighted by Gasteiger charge is -2.48. The molecule has 1 aromatic rings. The van der Waals surface area contributed by atoms with E-state index in [1.165, 1.54) is 0 Å². The molecule has 5 heteroatoms. The standard InChI is InChI=1S/C20H24ClNO3/c1-2-25-20(24)22-12-4-7-17-18(23)11-10-15(19(17)22)9-8-14-5-3-6-16(21)13-14/h3,5-6,13,15,17-19,23H,2,4,7,10-12H2,1H3. The Hall–Kier alpha value is -1.70. The highest BCUT2D eigenvalue weighted by Gasteiger charge is 2.45. The van der Waals surface area contributed by atoms with Crippen molar-refractivity contribution in [2.24, 2.45) is 11.8 Å². The molecule has 1 amide bonds. The molecular formula is C20H24ClNO3. The first kappa shape index (κ1) is 18.1. The number of benzene rings is 1. The third-order valence-electron chi connectivity index (χ3n) is 5.14. The summed E-state index contributed by atoms with van der Waals surface area (Å²) >= 11 is 6.03. The predicted molar refractivity (Wildman–Crippen MR) is 97.3 cm³/mol. The second-order valence-electron chi connectivity index (χ2n) is 6.72. The van der Waals surface area contributed by atoms with Crippen molar-refractivity contribution in [1.29, 1.82) is 0 Å². The Bertz CT molecular complexity index is 681. The number of amides is 1. The number of hydrogen-bond donors (Lipinski definition) is 1. The first-order valence-electron chi connectivity index (χ1n) is 8.98. The van der Waals surface area contributed by atoms with Crippen molar-refractivity contribution >= 4 is 17.7 Å². The van der Waals surface area contributed by atoms with Crippen molar-refractivity contribution in [3.63, 3.8) is 0 Å². The number of ether oxygens (including phenoxy) is 1.